The average molecular weight is 459 g/mol. The molecule has 2 N–H and O–H groups in total. The van der Waals surface area contributed by atoms with Crippen LogP contribution in [0.4, 0.5) is 36.3 Å². The van der Waals surface area contributed by atoms with E-state index in [0.717, 1.165) is 25.5 Å². The SMILES string of the molecule is CCCCOc1ccc(Nc2nc(Nc3ccc(CC(C)C)cc3)ncc2C(F)(F)F)cc1. The van der Waals surface area contributed by atoms with Gasteiger partial charge in [-0.2, -0.15) is 18.2 Å². The lowest BCUT2D eigenvalue weighted by Crippen LogP contribution is -2.12. The van der Waals surface area contributed by atoms with E-state index in [0.29, 0.717) is 29.6 Å². The quantitative estimate of drug-likeness (QED) is 0.311. The van der Waals surface area contributed by atoms with E-state index in [1.54, 1.807) is 24.3 Å². The van der Waals surface area contributed by atoms with Gasteiger partial charge in [-0.15, -0.1) is 0 Å². The smallest absolute Gasteiger partial charge is 0.421 e. The highest BCUT2D eigenvalue weighted by atomic mass is 19.4. The van der Waals surface area contributed by atoms with Gasteiger partial charge < -0.3 is 15.4 Å². The fourth-order valence-electron chi connectivity index (χ4n) is 3.18. The van der Waals surface area contributed by atoms with Crippen molar-refractivity contribution >= 4 is 23.1 Å². The molecule has 1 aromatic heterocycles. The van der Waals surface area contributed by atoms with Crippen LogP contribution < -0.4 is 15.4 Å². The van der Waals surface area contributed by atoms with E-state index in [1.807, 2.05) is 24.3 Å². The Bertz CT molecular complexity index is 1020. The summed E-state index contributed by atoms with van der Waals surface area (Å²) in [5, 5.41) is 5.74. The lowest BCUT2D eigenvalue weighted by atomic mass is 10.0. The second kappa shape index (κ2) is 11.0. The number of hydrogen-bond acceptors (Lipinski definition) is 5. The standard InChI is InChI=1S/C25H29F3N4O/c1-4-5-14-33-21-12-10-19(11-13-21)30-23-22(25(26,27)28)16-29-24(32-23)31-20-8-6-18(7-9-20)15-17(2)3/h6-13,16-17H,4-5,14-15H2,1-3H3,(H2,29,30,31,32). The van der Waals surface area contributed by atoms with Crippen LogP contribution in [0.15, 0.2) is 54.7 Å². The highest BCUT2D eigenvalue weighted by molar-refractivity contribution is 5.63. The first-order valence-electron chi connectivity index (χ1n) is 11.0. The zero-order chi connectivity index (χ0) is 23.8. The van der Waals surface area contributed by atoms with Gasteiger partial charge in [0.25, 0.3) is 0 Å². The van der Waals surface area contributed by atoms with Crippen molar-refractivity contribution in [2.45, 2.75) is 46.2 Å². The summed E-state index contributed by atoms with van der Waals surface area (Å²) in [6, 6.07) is 14.4. The summed E-state index contributed by atoms with van der Waals surface area (Å²) >= 11 is 0. The minimum absolute atomic E-state index is 0.0710. The number of unbranched alkanes of at least 4 members (excludes halogenated alkanes) is 1. The molecule has 8 heteroatoms. The Morgan fingerprint density at radius 1 is 0.939 bits per heavy atom. The van der Waals surface area contributed by atoms with Crippen molar-refractivity contribution < 1.29 is 17.9 Å². The Balaban J connectivity index is 1.77. The van der Waals surface area contributed by atoms with Crippen LogP contribution in [0.25, 0.3) is 0 Å². The molecule has 33 heavy (non-hydrogen) atoms. The van der Waals surface area contributed by atoms with Crippen LogP contribution in [0.1, 0.15) is 44.7 Å². The monoisotopic (exact) mass is 458 g/mol. The maximum Gasteiger partial charge on any atom is 0.421 e. The molecule has 3 aromatic rings. The molecule has 0 radical (unpaired) electrons. The summed E-state index contributed by atoms with van der Waals surface area (Å²) in [6.07, 6.45) is -0.901. The topological polar surface area (TPSA) is 59.1 Å². The fraction of sp³-hybridized carbons (Fsp3) is 0.360. The minimum atomic E-state index is -4.59. The summed E-state index contributed by atoms with van der Waals surface area (Å²) in [7, 11) is 0. The Morgan fingerprint density at radius 2 is 1.58 bits per heavy atom. The highest BCUT2D eigenvalue weighted by Gasteiger charge is 2.35. The number of ether oxygens (including phenoxy) is 1. The number of alkyl halides is 3. The van der Waals surface area contributed by atoms with Crippen molar-refractivity contribution in [1.29, 1.82) is 0 Å². The number of nitrogens with one attached hydrogen (secondary N) is 2. The van der Waals surface area contributed by atoms with Gasteiger partial charge in [0.1, 0.15) is 17.1 Å². The molecule has 0 atom stereocenters. The largest absolute Gasteiger partial charge is 0.494 e. The third-order valence-electron chi connectivity index (χ3n) is 4.83. The number of halogens is 3. The van der Waals surface area contributed by atoms with Crippen LogP contribution in [0, 0.1) is 5.92 Å². The summed E-state index contributed by atoms with van der Waals surface area (Å²) in [4.78, 5) is 7.97. The second-order valence-corrected chi connectivity index (χ2v) is 8.22. The van der Waals surface area contributed by atoms with Crippen molar-refractivity contribution in [2.24, 2.45) is 5.92 Å². The Morgan fingerprint density at radius 3 is 2.18 bits per heavy atom. The van der Waals surface area contributed by atoms with Crippen LogP contribution in [0.3, 0.4) is 0 Å². The molecular formula is C25H29F3N4O. The molecule has 176 valence electrons. The Labute approximate surface area is 192 Å². The number of hydrogen-bond donors (Lipinski definition) is 2. The molecule has 0 aliphatic carbocycles. The van der Waals surface area contributed by atoms with E-state index >= 15 is 0 Å². The first kappa shape index (κ1) is 24.4. The first-order valence-corrected chi connectivity index (χ1v) is 11.0. The molecule has 0 bridgehead atoms. The number of anilines is 4. The lowest BCUT2D eigenvalue weighted by Gasteiger charge is -2.15. The molecule has 0 spiro atoms. The zero-order valence-corrected chi connectivity index (χ0v) is 19.0. The molecular weight excluding hydrogens is 429 g/mol. The lowest BCUT2D eigenvalue weighted by molar-refractivity contribution is -0.137. The molecule has 0 amide bonds. The van der Waals surface area contributed by atoms with Gasteiger partial charge in [-0.3, -0.25) is 0 Å². The van der Waals surface area contributed by atoms with Crippen molar-refractivity contribution in [3.8, 4) is 5.75 Å². The number of rotatable bonds is 10. The van der Waals surface area contributed by atoms with Crippen LogP contribution >= 0.6 is 0 Å². The van der Waals surface area contributed by atoms with E-state index < -0.39 is 11.7 Å². The van der Waals surface area contributed by atoms with Crippen molar-refractivity contribution in [3.05, 3.63) is 65.9 Å². The van der Waals surface area contributed by atoms with Gasteiger partial charge in [0.05, 0.1) is 6.61 Å². The molecule has 3 rings (SSSR count). The number of aromatic nitrogens is 2. The molecule has 5 nitrogen and oxygen atoms in total. The van der Waals surface area contributed by atoms with Gasteiger partial charge in [0, 0.05) is 17.6 Å². The average Bonchev–Trinajstić information content (AvgIpc) is 2.75. The number of benzene rings is 2. The van der Waals surface area contributed by atoms with E-state index in [1.165, 1.54) is 5.56 Å². The van der Waals surface area contributed by atoms with Crippen LogP contribution in [-0.4, -0.2) is 16.6 Å². The van der Waals surface area contributed by atoms with Gasteiger partial charge in [-0.1, -0.05) is 39.3 Å². The third-order valence-corrected chi connectivity index (χ3v) is 4.83. The van der Waals surface area contributed by atoms with Crippen molar-refractivity contribution in [2.75, 3.05) is 17.2 Å². The molecule has 1 heterocycles. The van der Waals surface area contributed by atoms with E-state index in [9.17, 15) is 13.2 Å². The molecule has 0 unspecified atom stereocenters. The Hall–Kier alpha value is -3.29. The molecule has 0 saturated heterocycles. The summed E-state index contributed by atoms with van der Waals surface area (Å²) in [6.45, 7) is 6.95. The normalized spacial score (nSPS) is 11.5. The summed E-state index contributed by atoms with van der Waals surface area (Å²) in [5.41, 5.74) is 1.41. The van der Waals surface area contributed by atoms with Crippen molar-refractivity contribution in [3.63, 3.8) is 0 Å². The number of nitrogens with zero attached hydrogens (tertiary/aromatic N) is 2. The first-order chi connectivity index (χ1) is 15.7. The van der Waals surface area contributed by atoms with E-state index in [-0.39, 0.29) is 11.8 Å². The predicted molar refractivity (Wildman–Crippen MR) is 125 cm³/mol. The maximum atomic E-state index is 13.5. The van der Waals surface area contributed by atoms with Gasteiger partial charge in [0.2, 0.25) is 5.95 Å². The van der Waals surface area contributed by atoms with Crippen LogP contribution in [0.2, 0.25) is 0 Å². The second-order valence-electron chi connectivity index (χ2n) is 8.22. The van der Waals surface area contributed by atoms with Crippen LogP contribution in [-0.2, 0) is 12.6 Å². The summed E-state index contributed by atoms with van der Waals surface area (Å²) < 4.78 is 46.2. The molecule has 0 aliphatic heterocycles. The highest BCUT2D eigenvalue weighted by Crippen LogP contribution is 2.35. The summed E-state index contributed by atoms with van der Waals surface area (Å²) in [5.74, 6) is 0.946. The van der Waals surface area contributed by atoms with E-state index in [2.05, 4.69) is 41.4 Å². The van der Waals surface area contributed by atoms with Crippen molar-refractivity contribution in [1.82, 2.24) is 9.97 Å². The fourth-order valence-corrected chi connectivity index (χ4v) is 3.18. The molecule has 0 saturated carbocycles. The predicted octanol–water partition coefficient (Wildman–Crippen LogP) is 7.36. The zero-order valence-electron chi connectivity index (χ0n) is 19.0. The van der Waals surface area contributed by atoms with Gasteiger partial charge in [0.15, 0.2) is 0 Å². The third kappa shape index (κ3) is 7.37. The van der Waals surface area contributed by atoms with Gasteiger partial charge in [-0.05, 0) is 60.7 Å². The maximum absolute atomic E-state index is 13.5. The van der Waals surface area contributed by atoms with Gasteiger partial charge >= 0.3 is 6.18 Å². The van der Waals surface area contributed by atoms with E-state index in [4.69, 9.17) is 4.74 Å². The Kier molecular flexibility index (Phi) is 8.14. The molecule has 2 aromatic carbocycles. The molecule has 0 aliphatic rings. The molecule has 0 fully saturated rings. The minimum Gasteiger partial charge on any atom is -0.494 e. The van der Waals surface area contributed by atoms with Gasteiger partial charge in [-0.25, -0.2) is 4.98 Å². The van der Waals surface area contributed by atoms with Crippen LogP contribution in [0.5, 0.6) is 5.75 Å².